The summed E-state index contributed by atoms with van der Waals surface area (Å²) < 4.78 is 0. The Labute approximate surface area is 221 Å². The third kappa shape index (κ3) is 7.09. The molecule has 0 bridgehead atoms. The van der Waals surface area contributed by atoms with Crippen molar-refractivity contribution >= 4 is 34.6 Å². The number of carbonyl (C=O) groups is 4. The van der Waals surface area contributed by atoms with Gasteiger partial charge in [-0.3, -0.25) is 14.4 Å². The summed E-state index contributed by atoms with van der Waals surface area (Å²) in [7, 11) is 0. The molecule has 1 aliphatic rings. The van der Waals surface area contributed by atoms with E-state index in [4.69, 9.17) is 11.5 Å². The maximum atomic E-state index is 13.1. The lowest BCUT2D eigenvalue weighted by Crippen LogP contribution is -2.59. The zero-order chi connectivity index (χ0) is 27.8. The highest BCUT2D eigenvalue weighted by molar-refractivity contribution is 5.95. The van der Waals surface area contributed by atoms with E-state index < -0.39 is 48.1 Å². The van der Waals surface area contributed by atoms with Crippen molar-refractivity contribution in [2.75, 3.05) is 13.1 Å². The Balaban J connectivity index is 1.66. The SMILES string of the molecule is CC(O)C(NC(=O)C1CCCN1C(=O)C(N)CCCCN)C(=O)NC(Cc1c[nH]c2ccccc12)C(=O)O. The number of carbonyl (C=O) groups excluding carboxylic acids is 3. The summed E-state index contributed by atoms with van der Waals surface area (Å²) in [4.78, 5) is 55.5. The number of aromatic amines is 1. The number of aliphatic hydroxyl groups is 1. The van der Waals surface area contributed by atoms with Gasteiger partial charge in [0.05, 0.1) is 12.1 Å². The molecule has 5 atom stereocenters. The van der Waals surface area contributed by atoms with Gasteiger partial charge in [0.1, 0.15) is 18.1 Å². The van der Waals surface area contributed by atoms with Crippen LogP contribution in [-0.2, 0) is 25.6 Å². The molecular weight excluding hydrogens is 492 g/mol. The molecule has 0 saturated carbocycles. The van der Waals surface area contributed by atoms with Gasteiger partial charge in [0, 0.05) is 30.1 Å². The van der Waals surface area contributed by atoms with Crippen LogP contribution >= 0.6 is 0 Å². The first-order valence-electron chi connectivity index (χ1n) is 13.0. The maximum absolute atomic E-state index is 13.1. The molecule has 2 heterocycles. The van der Waals surface area contributed by atoms with Crippen LogP contribution in [0.3, 0.4) is 0 Å². The maximum Gasteiger partial charge on any atom is 0.326 e. The summed E-state index contributed by atoms with van der Waals surface area (Å²) in [5.41, 5.74) is 13.1. The van der Waals surface area contributed by atoms with Gasteiger partial charge >= 0.3 is 5.97 Å². The Kier molecular flexibility index (Phi) is 10.2. The average Bonchev–Trinajstić information content (AvgIpc) is 3.53. The summed E-state index contributed by atoms with van der Waals surface area (Å²) in [6.07, 6.45) is 3.24. The molecule has 1 fully saturated rings. The normalized spacial score (nSPS) is 18.5. The number of para-hydroxylation sites is 1. The number of nitrogens with two attached hydrogens (primary N) is 2. The van der Waals surface area contributed by atoms with E-state index in [1.54, 1.807) is 6.20 Å². The Morgan fingerprint density at radius 3 is 2.61 bits per heavy atom. The molecule has 3 rings (SSSR count). The molecule has 38 heavy (non-hydrogen) atoms. The minimum atomic E-state index is -1.41. The van der Waals surface area contributed by atoms with Crippen LogP contribution in [0.4, 0.5) is 0 Å². The van der Waals surface area contributed by atoms with E-state index in [1.165, 1.54) is 11.8 Å². The predicted molar refractivity (Wildman–Crippen MR) is 141 cm³/mol. The number of rotatable bonds is 13. The standard InChI is InChI=1S/C26H38N6O6/c1-15(33)22(31-23(34)21-10-6-12-32(21)25(36)18(28)8-4-5-11-27)24(35)30-20(26(37)38)13-16-14-29-19-9-3-2-7-17(16)19/h2-3,7,9,14-15,18,20-22,29,33H,4-6,8,10-13,27-28H2,1H3,(H,30,35)(H,31,34)(H,37,38). The number of nitrogens with zero attached hydrogens (tertiary/aromatic N) is 1. The highest BCUT2D eigenvalue weighted by atomic mass is 16.4. The average molecular weight is 531 g/mol. The number of aliphatic carboxylic acids is 1. The van der Waals surface area contributed by atoms with Crippen LogP contribution in [0.1, 0.15) is 44.6 Å². The summed E-state index contributed by atoms with van der Waals surface area (Å²) in [5, 5.41) is 25.8. The van der Waals surface area contributed by atoms with E-state index in [-0.39, 0.29) is 12.3 Å². The third-order valence-corrected chi connectivity index (χ3v) is 6.90. The first-order chi connectivity index (χ1) is 18.1. The van der Waals surface area contributed by atoms with Gasteiger partial charge < -0.3 is 42.2 Å². The van der Waals surface area contributed by atoms with E-state index in [9.17, 15) is 29.4 Å². The number of amides is 3. The molecular formula is C26H38N6O6. The summed E-state index contributed by atoms with van der Waals surface area (Å²) >= 11 is 0. The second-order valence-electron chi connectivity index (χ2n) is 9.77. The number of carboxylic acid groups (broad SMARTS) is 1. The molecule has 12 heteroatoms. The van der Waals surface area contributed by atoms with E-state index >= 15 is 0 Å². The number of unbranched alkanes of at least 4 members (excludes halogenated alkanes) is 1. The minimum Gasteiger partial charge on any atom is -0.480 e. The van der Waals surface area contributed by atoms with Crippen LogP contribution in [0.5, 0.6) is 0 Å². The Morgan fingerprint density at radius 2 is 1.92 bits per heavy atom. The number of aliphatic hydroxyl groups excluding tert-OH is 1. The zero-order valence-electron chi connectivity index (χ0n) is 21.6. The molecule has 2 aromatic rings. The highest BCUT2D eigenvalue weighted by Gasteiger charge is 2.38. The van der Waals surface area contributed by atoms with Gasteiger partial charge in [0.2, 0.25) is 17.7 Å². The summed E-state index contributed by atoms with van der Waals surface area (Å²) in [6.45, 7) is 2.19. The molecule has 0 aliphatic carbocycles. The van der Waals surface area contributed by atoms with Gasteiger partial charge in [-0.1, -0.05) is 24.6 Å². The number of carboxylic acids is 1. The van der Waals surface area contributed by atoms with Crippen LogP contribution in [0.2, 0.25) is 0 Å². The lowest BCUT2D eigenvalue weighted by atomic mass is 10.0. The summed E-state index contributed by atoms with van der Waals surface area (Å²) in [5.74, 6) is -3.04. The minimum absolute atomic E-state index is 0.00148. The first kappa shape index (κ1) is 29.1. The van der Waals surface area contributed by atoms with Gasteiger partial charge in [-0.2, -0.15) is 0 Å². The zero-order valence-corrected chi connectivity index (χ0v) is 21.6. The van der Waals surface area contributed by atoms with Gasteiger partial charge in [0.15, 0.2) is 0 Å². The number of fused-ring (bicyclic) bond motifs is 1. The quantitative estimate of drug-likeness (QED) is 0.169. The van der Waals surface area contributed by atoms with Crippen LogP contribution < -0.4 is 22.1 Å². The number of H-pyrrole nitrogens is 1. The Bertz CT molecular complexity index is 1130. The molecule has 208 valence electrons. The fraction of sp³-hybridized carbons (Fsp3) is 0.538. The molecule has 0 radical (unpaired) electrons. The van der Waals surface area contributed by atoms with Crippen molar-refractivity contribution < 1.29 is 29.4 Å². The highest BCUT2D eigenvalue weighted by Crippen LogP contribution is 2.21. The smallest absolute Gasteiger partial charge is 0.326 e. The molecule has 1 aromatic heterocycles. The number of benzene rings is 1. The Hall–Kier alpha value is -3.48. The number of nitrogens with one attached hydrogen (secondary N) is 3. The van der Waals surface area contributed by atoms with Gasteiger partial charge in [-0.25, -0.2) is 4.79 Å². The molecule has 9 N–H and O–H groups in total. The van der Waals surface area contributed by atoms with Crippen molar-refractivity contribution in [3.05, 3.63) is 36.0 Å². The number of likely N-dealkylation sites (tertiary alicyclic amines) is 1. The van der Waals surface area contributed by atoms with Crippen molar-refractivity contribution in [1.82, 2.24) is 20.5 Å². The van der Waals surface area contributed by atoms with Crippen LogP contribution in [-0.4, -0.2) is 87.1 Å². The third-order valence-electron chi connectivity index (χ3n) is 6.90. The molecule has 1 saturated heterocycles. The van der Waals surface area contributed by atoms with Crippen molar-refractivity contribution in [2.45, 2.75) is 75.7 Å². The van der Waals surface area contributed by atoms with E-state index in [2.05, 4.69) is 15.6 Å². The number of hydrogen-bond acceptors (Lipinski definition) is 7. The molecule has 1 aromatic carbocycles. The monoisotopic (exact) mass is 530 g/mol. The molecule has 0 spiro atoms. The van der Waals surface area contributed by atoms with Crippen molar-refractivity contribution in [3.8, 4) is 0 Å². The number of aromatic nitrogens is 1. The fourth-order valence-corrected chi connectivity index (χ4v) is 4.78. The van der Waals surface area contributed by atoms with Crippen LogP contribution in [0.15, 0.2) is 30.5 Å². The molecule has 1 aliphatic heterocycles. The van der Waals surface area contributed by atoms with Crippen LogP contribution in [0.25, 0.3) is 10.9 Å². The van der Waals surface area contributed by atoms with E-state index in [0.29, 0.717) is 44.3 Å². The van der Waals surface area contributed by atoms with E-state index in [0.717, 1.165) is 17.3 Å². The second-order valence-corrected chi connectivity index (χ2v) is 9.77. The van der Waals surface area contributed by atoms with Crippen molar-refractivity contribution in [2.24, 2.45) is 11.5 Å². The lowest BCUT2D eigenvalue weighted by Gasteiger charge is -2.29. The first-order valence-corrected chi connectivity index (χ1v) is 13.0. The Morgan fingerprint density at radius 1 is 1.18 bits per heavy atom. The molecule has 5 unspecified atom stereocenters. The van der Waals surface area contributed by atoms with Crippen molar-refractivity contribution in [3.63, 3.8) is 0 Å². The summed E-state index contributed by atoms with van der Waals surface area (Å²) in [6, 6.07) is 3.08. The van der Waals surface area contributed by atoms with Gasteiger partial charge in [-0.05, 0) is 50.8 Å². The number of hydrogen-bond donors (Lipinski definition) is 7. The van der Waals surface area contributed by atoms with Crippen LogP contribution in [0, 0.1) is 0 Å². The van der Waals surface area contributed by atoms with Gasteiger partial charge in [-0.15, -0.1) is 0 Å². The largest absolute Gasteiger partial charge is 0.480 e. The van der Waals surface area contributed by atoms with E-state index in [1.807, 2.05) is 24.3 Å². The topological polar surface area (TPSA) is 204 Å². The molecule has 3 amide bonds. The fourth-order valence-electron chi connectivity index (χ4n) is 4.78. The lowest BCUT2D eigenvalue weighted by molar-refractivity contribution is -0.144. The van der Waals surface area contributed by atoms with Gasteiger partial charge in [0.25, 0.3) is 0 Å². The predicted octanol–water partition coefficient (Wildman–Crippen LogP) is -0.407. The second kappa shape index (κ2) is 13.4. The van der Waals surface area contributed by atoms with Crippen molar-refractivity contribution in [1.29, 1.82) is 0 Å². The molecule has 12 nitrogen and oxygen atoms in total.